The number of nitrogens with zero attached hydrogens (tertiary/aromatic N) is 4. The maximum Gasteiger partial charge on any atom is 0.241 e. The van der Waals surface area contributed by atoms with Gasteiger partial charge in [0.25, 0.3) is 0 Å². The Morgan fingerprint density at radius 1 is 1.15 bits per heavy atom. The Morgan fingerprint density at radius 2 is 1.92 bits per heavy atom. The third-order valence-electron chi connectivity index (χ3n) is 5.41. The van der Waals surface area contributed by atoms with Crippen molar-refractivity contribution in [3.63, 3.8) is 0 Å². The smallest absolute Gasteiger partial charge is 0.241 e. The molecule has 2 saturated heterocycles. The normalized spacial score (nSPS) is 21.3. The number of rotatable bonds is 4. The Kier molecular flexibility index (Phi) is 5.02. The average Bonchev–Trinajstić information content (AvgIpc) is 3.34. The average molecular weight is 354 g/mol. The fourth-order valence-electron chi connectivity index (χ4n) is 3.93. The zero-order valence-electron chi connectivity index (χ0n) is 15.4. The van der Waals surface area contributed by atoms with Crippen LogP contribution in [-0.2, 0) is 11.3 Å². The monoisotopic (exact) mass is 354 g/mol. The maximum absolute atomic E-state index is 12.7. The second kappa shape index (κ2) is 7.58. The van der Waals surface area contributed by atoms with Crippen LogP contribution >= 0.6 is 0 Å². The predicted molar refractivity (Wildman–Crippen MR) is 98.3 cm³/mol. The standard InChI is InChI=1S/C20H26N4O2/c1-15-6-8-16(9-7-15)19-21-18(26-22-19)14-23-10-4-5-17(13-23)20(25)24-11-2-3-12-24/h6-9,17H,2-5,10-14H2,1H3. The SMILES string of the molecule is Cc1ccc(-c2noc(CN3CCCC(C(=O)N4CCCC4)C3)n2)cc1. The Bertz CT molecular complexity index is 749. The molecule has 2 aromatic rings. The molecule has 0 saturated carbocycles. The summed E-state index contributed by atoms with van der Waals surface area (Å²) in [6, 6.07) is 8.11. The molecule has 0 spiro atoms. The Hall–Kier alpha value is -2.21. The van der Waals surface area contributed by atoms with Gasteiger partial charge in [-0.3, -0.25) is 9.69 Å². The quantitative estimate of drug-likeness (QED) is 0.845. The summed E-state index contributed by atoms with van der Waals surface area (Å²) in [6.45, 7) is 6.30. The number of likely N-dealkylation sites (tertiary alicyclic amines) is 2. The second-order valence-electron chi connectivity index (χ2n) is 7.48. The van der Waals surface area contributed by atoms with Crippen LogP contribution in [0, 0.1) is 12.8 Å². The van der Waals surface area contributed by atoms with E-state index >= 15 is 0 Å². The number of carbonyl (C=O) groups is 1. The largest absolute Gasteiger partial charge is 0.342 e. The Labute approximate surface area is 154 Å². The van der Waals surface area contributed by atoms with Crippen molar-refractivity contribution in [3.8, 4) is 11.4 Å². The second-order valence-corrected chi connectivity index (χ2v) is 7.48. The van der Waals surface area contributed by atoms with Crippen molar-refractivity contribution < 1.29 is 9.32 Å². The summed E-state index contributed by atoms with van der Waals surface area (Å²) in [6.07, 6.45) is 4.32. The molecule has 1 unspecified atom stereocenters. The molecule has 0 bridgehead atoms. The molecule has 0 radical (unpaired) electrons. The van der Waals surface area contributed by atoms with Crippen LogP contribution in [0.4, 0.5) is 0 Å². The molecular weight excluding hydrogens is 328 g/mol. The predicted octanol–water partition coefficient (Wildman–Crippen LogP) is 2.88. The lowest BCUT2D eigenvalue weighted by Crippen LogP contribution is -2.43. The van der Waals surface area contributed by atoms with E-state index in [0.717, 1.165) is 57.4 Å². The van der Waals surface area contributed by atoms with Crippen molar-refractivity contribution in [2.75, 3.05) is 26.2 Å². The number of hydrogen-bond acceptors (Lipinski definition) is 5. The molecule has 1 amide bonds. The van der Waals surface area contributed by atoms with Gasteiger partial charge in [0.05, 0.1) is 12.5 Å². The van der Waals surface area contributed by atoms with E-state index in [1.54, 1.807) is 0 Å². The van der Waals surface area contributed by atoms with Crippen LogP contribution in [-0.4, -0.2) is 52.0 Å². The van der Waals surface area contributed by atoms with Gasteiger partial charge in [-0.2, -0.15) is 4.98 Å². The van der Waals surface area contributed by atoms with Crippen LogP contribution in [0.5, 0.6) is 0 Å². The summed E-state index contributed by atoms with van der Waals surface area (Å²) in [4.78, 5) is 21.5. The number of amides is 1. The highest BCUT2D eigenvalue weighted by molar-refractivity contribution is 5.79. The number of hydrogen-bond donors (Lipinski definition) is 0. The third-order valence-corrected chi connectivity index (χ3v) is 5.41. The van der Waals surface area contributed by atoms with Crippen molar-refractivity contribution in [2.24, 2.45) is 5.92 Å². The van der Waals surface area contributed by atoms with Crippen LogP contribution in [0.2, 0.25) is 0 Å². The van der Waals surface area contributed by atoms with Gasteiger partial charge in [0.2, 0.25) is 17.6 Å². The van der Waals surface area contributed by atoms with Gasteiger partial charge in [-0.05, 0) is 39.2 Å². The van der Waals surface area contributed by atoms with Crippen LogP contribution in [0.1, 0.15) is 37.1 Å². The zero-order valence-corrected chi connectivity index (χ0v) is 15.4. The van der Waals surface area contributed by atoms with Crippen molar-refractivity contribution >= 4 is 5.91 Å². The molecule has 4 rings (SSSR count). The minimum absolute atomic E-state index is 0.112. The molecule has 0 aliphatic carbocycles. The van der Waals surface area contributed by atoms with Crippen molar-refractivity contribution in [1.29, 1.82) is 0 Å². The van der Waals surface area contributed by atoms with Crippen molar-refractivity contribution in [2.45, 2.75) is 39.2 Å². The number of benzene rings is 1. The number of carbonyl (C=O) groups excluding carboxylic acids is 1. The minimum atomic E-state index is 0.112. The molecule has 2 aliphatic heterocycles. The minimum Gasteiger partial charge on any atom is -0.342 e. The van der Waals surface area contributed by atoms with Gasteiger partial charge in [-0.15, -0.1) is 0 Å². The summed E-state index contributed by atoms with van der Waals surface area (Å²) in [5, 5.41) is 4.11. The van der Waals surface area contributed by atoms with E-state index in [1.165, 1.54) is 5.56 Å². The van der Waals surface area contributed by atoms with Gasteiger partial charge in [0, 0.05) is 25.2 Å². The number of aromatic nitrogens is 2. The van der Waals surface area contributed by atoms with Gasteiger partial charge in [0.15, 0.2) is 0 Å². The first-order valence-corrected chi connectivity index (χ1v) is 9.60. The van der Waals surface area contributed by atoms with E-state index in [-0.39, 0.29) is 5.92 Å². The van der Waals surface area contributed by atoms with Crippen molar-refractivity contribution in [1.82, 2.24) is 19.9 Å². The molecule has 1 aromatic carbocycles. The van der Waals surface area contributed by atoms with E-state index in [1.807, 2.05) is 29.2 Å². The van der Waals surface area contributed by atoms with Gasteiger partial charge in [-0.25, -0.2) is 0 Å². The van der Waals surface area contributed by atoms with E-state index in [4.69, 9.17) is 4.52 Å². The molecule has 3 heterocycles. The molecule has 26 heavy (non-hydrogen) atoms. The Morgan fingerprint density at radius 3 is 2.69 bits per heavy atom. The molecule has 1 aromatic heterocycles. The van der Waals surface area contributed by atoms with Crippen LogP contribution in [0.3, 0.4) is 0 Å². The van der Waals surface area contributed by atoms with Crippen LogP contribution in [0.25, 0.3) is 11.4 Å². The molecule has 2 fully saturated rings. The van der Waals surface area contributed by atoms with Gasteiger partial charge in [0.1, 0.15) is 0 Å². The summed E-state index contributed by atoms with van der Waals surface area (Å²) < 4.78 is 5.45. The van der Waals surface area contributed by atoms with E-state index < -0.39 is 0 Å². The van der Waals surface area contributed by atoms with Gasteiger partial charge in [-0.1, -0.05) is 35.0 Å². The van der Waals surface area contributed by atoms with E-state index in [0.29, 0.717) is 24.2 Å². The van der Waals surface area contributed by atoms with E-state index in [9.17, 15) is 4.79 Å². The highest BCUT2D eigenvalue weighted by atomic mass is 16.5. The maximum atomic E-state index is 12.7. The van der Waals surface area contributed by atoms with Gasteiger partial charge < -0.3 is 9.42 Å². The summed E-state index contributed by atoms with van der Waals surface area (Å²) >= 11 is 0. The summed E-state index contributed by atoms with van der Waals surface area (Å²) in [5.74, 6) is 1.69. The molecule has 0 N–H and O–H groups in total. The fourth-order valence-corrected chi connectivity index (χ4v) is 3.93. The number of piperidine rings is 1. The highest BCUT2D eigenvalue weighted by Gasteiger charge is 2.31. The number of aryl methyl sites for hydroxylation is 1. The fraction of sp³-hybridized carbons (Fsp3) is 0.550. The molecule has 1 atom stereocenters. The molecule has 2 aliphatic rings. The Balaban J connectivity index is 1.38. The molecular formula is C20H26N4O2. The van der Waals surface area contributed by atoms with E-state index in [2.05, 4.69) is 22.0 Å². The summed E-state index contributed by atoms with van der Waals surface area (Å²) in [5.41, 5.74) is 2.17. The summed E-state index contributed by atoms with van der Waals surface area (Å²) in [7, 11) is 0. The lowest BCUT2D eigenvalue weighted by molar-refractivity contribution is -0.136. The topological polar surface area (TPSA) is 62.5 Å². The lowest BCUT2D eigenvalue weighted by Gasteiger charge is -2.33. The van der Waals surface area contributed by atoms with Gasteiger partial charge >= 0.3 is 0 Å². The third kappa shape index (κ3) is 3.80. The van der Waals surface area contributed by atoms with Crippen molar-refractivity contribution in [3.05, 3.63) is 35.7 Å². The molecule has 138 valence electrons. The van der Waals surface area contributed by atoms with Crippen LogP contribution in [0.15, 0.2) is 28.8 Å². The zero-order chi connectivity index (χ0) is 17.9. The first-order valence-electron chi connectivity index (χ1n) is 9.60. The van der Waals surface area contributed by atoms with Crippen LogP contribution < -0.4 is 0 Å². The lowest BCUT2D eigenvalue weighted by atomic mass is 9.96. The molecule has 6 heteroatoms. The first-order chi connectivity index (χ1) is 12.7. The molecule has 6 nitrogen and oxygen atoms in total. The highest BCUT2D eigenvalue weighted by Crippen LogP contribution is 2.23. The first kappa shape index (κ1) is 17.2.